The minimum Gasteiger partial charge on any atom is -0.459 e. The predicted octanol–water partition coefficient (Wildman–Crippen LogP) is 4.16. The third-order valence-corrected chi connectivity index (χ3v) is 5.02. The van der Waals surface area contributed by atoms with Crippen molar-refractivity contribution < 1.29 is 9.21 Å². The molecule has 2 fully saturated rings. The van der Waals surface area contributed by atoms with E-state index in [0.29, 0.717) is 17.8 Å². The first kappa shape index (κ1) is 13.7. The van der Waals surface area contributed by atoms with Crippen LogP contribution in [0.3, 0.4) is 0 Å². The molecule has 0 bridgehead atoms. The van der Waals surface area contributed by atoms with E-state index < -0.39 is 0 Å². The fourth-order valence-corrected chi connectivity index (χ4v) is 3.52. The first-order valence-corrected chi connectivity index (χ1v) is 8.07. The second-order valence-electron chi connectivity index (χ2n) is 6.46. The molecule has 3 heteroatoms. The molecule has 0 saturated heterocycles. The van der Waals surface area contributed by atoms with Crippen LogP contribution in [0.4, 0.5) is 0 Å². The molecule has 1 aromatic rings. The molecule has 0 spiro atoms. The van der Waals surface area contributed by atoms with Crippen LogP contribution >= 0.6 is 0 Å². The number of carbonyl (C=O) groups excluding carboxylic acids is 1. The van der Waals surface area contributed by atoms with Gasteiger partial charge in [-0.3, -0.25) is 4.79 Å². The molecule has 0 radical (unpaired) electrons. The average molecular weight is 275 g/mol. The Morgan fingerprint density at radius 2 is 1.80 bits per heavy atom. The van der Waals surface area contributed by atoms with E-state index in [2.05, 4.69) is 11.8 Å². The maximum atomic E-state index is 12.8. The summed E-state index contributed by atoms with van der Waals surface area (Å²) in [6.45, 7) is 4.23. The lowest BCUT2D eigenvalue weighted by Gasteiger charge is -2.36. The molecular formula is C17H25NO2. The quantitative estimate of drug-likeness (QED) is 0.826. The fraction of sp³-hybridized carbons (Fsp3) is 0.706. The highest BCUT2D eigenvalue weighted by Gasteiger charge is 2.40. The minimum atomic E-state index is 0.120. The highest BCUT2D eigenvalue weighted by Crippen LogP contribution is 2.37. The van der Waals surface area contributed by atoms with E-state index in [1.54, 1.807) is 6.26 Å². The SMILES string of the molecule is CCC1CCC(N(C(=O)c2occc2C)C2CC2)CC1. The molecule has 2 aliphatic carbocycles. The zero-order chi connectivity index (χ0) is 14.1. The van der Waals surface area contributed by atoms with E-state index in [1.807, 2.05) is 13.0 Å². The summed E-state index contributed by atoms with van der Waals surface area (Å²) in [5.41, 5.74) is 0.961. The molecule has 3 nitrogen and oxygen atoms in total. The normalized spacial score (nSPS) is 26.5. The highest BCUT2D eigenvalue weighted by atomic mass is 16.3. The Labute approximate surface area is 121 Å². The summed E-state index contributed by atoms with van der Waals surface area (Å²) in [4.78, 5) is 14.9. The van der Waals surface area contributed by atoms with Crippen molar-refractivity contribution in [1.82, 2.24) is 4.90 Å². The van der Waals surface area contributed by atoms with Gasteiger partial charge in [0.25, 0.3) is 5.91 Å². The van der Waals surface area contributed by atoms with Gasteiger partial charge < -0.3 is 9.32 Å². The number of carbonyl (C=O) groups is 1. The maximum absolute atomic E-state index is 12.8. The van der Waals surface area contributed by atoms with Gasteiger partial charge >= 0.3 is 0 Å². The molecule has 0 aromatic carbocycles. The van der Waals surface area contributed by atoms with Gasteiger partial charge in [0, 0.05) is 17.6 Å². The lowest BCUT2D eigenvalue weighted by molar-refractivity contribution is 0.0554. The van der Waals surface area contributed by atoms with E-state index in [9.17, 15) is 4.79 Å². The second kappa shape index (κ2) is 5.63. The molecule has 1 heterocycles. The third-order valence-electron chi connectivity index (χ3n) is 5.02. The van der Waals surface area contributed by atoms with E-state index in [4.69, 9.17) is 4.42 Å². The van der Waals surface area contributed by atoms with E-state index in [0.717, 1.165) is 11.5 Å². The summed E-state index contributed by atoms with van der Waals surface area (Å²) in [5.74, 6) is 1.54. The van der Waals surface area contributed by atoms with Crippen LogP contribution in [0.1, 0.15) is 68.0 Å². The molecule has 1 amide bonds. The summed E-state index contributed by atoms with van der Waals surface area (Å²) < 4.78 is 5.43. The van der Waals surface area contributed by atoms with Crippen molar-refractivity contribution in [3.8, 4) is 0 Å². The monoisotopic (exact) mass is 275 g/mol. The highest BCUT2D eigenvalue weighted by molar-refractivity contribution is 5.93. The molecule has 1 aromatic heterocycles. The van der Waals surface area contributed by atoms with Crippen LogP contribution in [0, 0.1) is 12.8 Å². The minimum absolute atomic E-state index is 0.120. The Morgan fingerprint density at radius 3 is 2.25 bits per heavy atom. The van der Waals surface area contributed by atoms with Crippen molar-refractivity contribution in [3.05, 3.63) is 23.7 Å². The molecule has 0 aliphatic heterocycles. The van der Waals surface area contributed by atoms with Crippen molar-refractivity contribution >= 4 is 5.91 Å². The number of furan rings is 1. The zero-order valence-electron chi connectivity index (χ0n) is 12.6. The molecule has 2 aliphatic rings. The number of hydrogen-bond donors (Lipinski definition) is 0. The maximum Gasteiger partial charge on any atom is 0.290 e. The Morgan fingerprint density at radius 1 is 1.20 bits per heavy atom. The van der Waals surface area contributed by atoms with Crippen molar-refractivity contribution in [3.63, 3.8) is 0 Å². The van der Waals surface area contributed by atoms with Crippen LogP contribution in [0.15, 0.2) is 16.7 Å². The van der Waals surface area contributed by atoms with Crippen LogP contribution in [0.5, 0.6) is 0 Å². The number of rotatable bonds is 4. The number of amides is 1. The largest absolute Gasteiger partial charge is 0.459 e. The molecule has 110 valence electrons. The van der Waals surface area contributed by atoms with Crippen molar-refractivity contribution in [2.45, 2.75) is 70.9 Å². The fourth-order valence-electron chi connectivity index (χ4n) is 3.52. The molecule has 2 saturated carbocycles. The summed E-state index contributed by atoms with van der Waals surface area (Å²) in [7, 11) is 0. The summed E-state index contributed by atoms with van der Waals surface area (Å²) >= 11 is 0. The average Bonchev–Trinajstić information content (AvgIpc) is 3.20. The molecular weight excluding hydrogens is 250 g/mol. The summed E-state index contributed by atoms with van der Waals surface area (Å²) in [6.07, 6.45) is 10.1. The number of nitrogens with zero attached hydrogens (tertiary/aromatic N) is 1. The van der Waals surface area contributed by atoms with Crippen molar-refractivity contribution in [2.75, 3.05) is 0 Å². The lowest BCUT2D eigenvalue weighted by Crippen LogP contribution is -2.44. The van der Waals surface area contributed by atoms with Crippen LogP contribution in [-0.2, 0) is 0 Å². The molecule has 0 atom stereocenters. The summed E-state index contributed by atoms with van der Waals surface area (Å²) in [5, 5.41) is 0. The lowest BCUT2D eigenvalue weighted by atomic mass is 9.83. The summed E-state index contributed by atoms with van der Waals surface area (Å²) in [6, 6.07) is 2.78. The second-order valence-corrected chi connectivity index (χ2v) is 6.46. The van der Waals surface area contributed by atoms with Crippen molar-refractivity contribution in [2.24, 2.45) is 5.92 Å². The van der Waals surface area contributed by atoms with Crippen molar-refractivity contribution in [1.29, 1.82) is 0 Å². The Kier molecular flexibility index (Phi) is 3.86. The van der Waals surface area contributed by atoms with Crippen LogP contribution in [-0.4, -0.2) is 22.9 Å². The molecule has 0 unspecified atom stereocenters. The van der Waals surface area contributed by atoms with Gasteiger partial charge in [0.15, 0.2) is 5.76 Å². The molecule has 0 N–H and O–H groups in total. The van der Waals surface area contributed by atoms with Gasteiger partial charge in [-0.2, -0.15) is 0 Å². The van der Waals surface area contributed by atoms with E-state index in [1.165, 1.54) is 44.9 Å². The van der Waals surface area contributed by atoms with Gasteiger partial charge in [-0.05, 0) is 57.4 Å². The molecule has 3 rings (SSSR count). The van der Waals surface area contributed by atoms with Crippen LogP contribution in [0.25, 0.3) is 0 Å². The van der Waals surface area contributed by atoms with Crippen LogP contribution in [0.2, 0.25) is 0 Å². The van der Waals surface area contributed by atoms with Gasteiger partial charge in [-0.25, -0.2) is 0 Å². The van der Waals surface area contributed by atoms with Gasteiger partial charge in [0.2, 0.25) is 0 Å². The predicted molar refractivity (Wildman–Crippen MR) is 78.7 cm³/mol. The topological polar surface area (TPSA) is 33.5 Å². The standard InChI is InChI=1S/C17H25NO2/c1-3-13-4-6-14(7-5-13)18(15-8-9-15)17(19)16-12(2)10-11-20-16/h10-11,13-15H,3-9H2,1-2H3. The molecule has 20 heavy (non-hydrogen) atoms. The van der Waals surface area contributed by atoms with Crippen LogP contribution < -0.4 is 0 Å². The first-order valence-electron chi connectivity index (χ1n) is 8.07. The Bertz CT molecular complexity index is 467. The number of aryl methyl sites for hydroxylation is 1. The van der Waals surface area contributed by atoms with E-state index >= 15 is 0 Å². The van der Waals surface area contributed by atoms with E-state index in [-0.39, 0.29) is 5.91 Å². The van der Waals surface area contributed by atoms with Gasteiger partial charge in [-0.15, -0.1) is 0 Å². The number of hydrogen-bond acceptors (Lipinski definition) is 2. The van der Waals surface area contributed by atoms with Gasteiger partial charge in [0.1, 0.15) is 0 Å². The van der Waals surface area contributed by atoms with Gasteiger partial charge in [0.05, 0.1) is 6.26 Å². The van der Waals surface area contributed by atoms with Gasteiger partial charge in [-0.1, -0.05) is 13.3 Å². The zero-order valence-corrected chi connectivity index (χ0v) is 12.6. The first-order chi connectivity index (χ1) is 9.70. The Balaban J connectivity index is 1.73. The smallest absolute Gasteiger partial charge is 0.290 e. The third kappa shape index (κ3) is 2.63. The Hall–Kier alpha value is -1.25.